The average Bonchev–Trinajstić information content (AvgIpc) is 2.76. The zero-order chi connectivity index (χ0) is 22.4. The van der Waals surface area contributed by atoms with Crippen molar-refractivity contribution in [2.24, 2.45) is 0 Å². The van der Waals surface area contributed by atoms with Gasteiger partial charge in [-0.05, 0) is 37.2 Å². The lowest BCUT2D eigenvalue weighted by Gasteiger charge is -2.32. The molecule has 166 valence electrons. The van der Waals surface area contributed by atoms with Crippen LogP contribution in [0.5, 0.6) is 0 Å². The molecular weight excluding hydrogens is 435 g/mol. The van der Waals surface area contributed by atoms with E-state index in [0.29, 0.717) is 11.6 Å². The van der Waals surface area contributed by atoms with Gasteiger partial charge in [-0.15, -0.1) is 0 Å². The highest BCUT2D eigenvalue weighted by molar-refractivity contribution is 6.43. The van der Waals surface area contributed by atoms with Crippen LogP contribution in [0, 0.1) is 0 Å². The first-order valence-electron chi connectivity index (χ1n) is 10.3. The molecule has 1 fully saturated rings. The van der Waals surface area contributed by atoms with E-state index in [1.807, 2.05) is 12.1 Å². The summed E-state index contributed by atoms with van der Waals surface area (Å²) >= 11 is 12.0. The van der Waals surface area contributed by atoms with Crippen molar-refractivity contribution in [2.45, 2.75) is 26.1 Å². The Morgan fingerprint density at radius 2 is 1.65 bits per heavy atom. The molecular formula is C23H28Cl2N4O2. The third-order valence-electron chi connectivity index (χ3n) is 5.43. The normalized spacial score (nSPS) is 16.0. The van der Waals surface area contributed by atoms with E-state index >= 15 is 0 Å². The van der Waals surface area contributed by atoms with Gasteiger partial charge in [0.25, 0.3) is 5.91 Å². The lowest BCUT2D eigenvalue weighted by atomic mass is 10.1. The fraction of sp³-hybridized carbons (Fsp3) is 0.391. The molecule has 1 saturated heterocycles. The molecule has 1 heterocycles. The van der Waals surface area contributed by atoms with Crippen molar-refractivity contribution in [2.75, 3.05) is 33.2 Å². The number of piperazine rings is 1. The van der Waals surface area contributed by atoms with Gasteiger partial charge in [-0.1, -0.05) is 53.5 Å². The van der Waals surface area contributed by atoms with Crippen molar-refractivity contribution < 1.29 is 9.59 Å². The third kappa shape index (κ3) is 6.68. The lowest BCUT2D eigenvalue weighted by molar-refractivity contribution is -0.122. The van der Waals surface area contributed by atoms with Crippen LogP contribution < -0.4 is 10.6 Å². The number of nitrogens with zero attached hydrogens (tertiary/aromatic N) is 2. The summed E-state index contributed by atoms with van der Waals surface area (Å²) in [6, 6.07) is 12.4. The van der Waals surface area contributed by atoms with Crippen LogP contribution in [0.1, 0.15) is 28.4 Å². The van der Waals surface area contributed by atoms with Gasteiger partial charge in [-0.3, -0.25) is 14.5 Å². The summed E-state index contributed by atoms with van der Waals surface area (Å²) in [6.07, 6.45) is 0. The molecule has 6 nitrogen and oxygen atoms in total. The number of likely N-dealkylation sites (N-methyl/N-ethyl adjacent to an activating group) is 1. The highest BCUT2D eigenvalue weighted by atomic mass is 35.5. The first kappa shape index (κ1) is 23.5. The second-order valence-electron chi connectivity index (χ2n) is 7.91. The van der Waals surface area contributed by atoms with Gasteiger partial charge in [-0.25, -0.2) is 0 Å². The van der Waals surface area contributed by atoms with Crippen LogP contribution in [0.3, 0.4) is 0 Å². The molecule has 2 N–H and O–H groups in total. The van der Waals surface area contributed by atoms with Crippen LogP contribution >= 0.6 is 23.2 Å². The summed E-state index contributed by atoms with van der Waals surface area (Å²) in [6.45, 7) is 7.33. The van der Waals surface area contributed by atoms with E-state index in [-0.39, 0.29) is 16.5 Å². The second kappa shape index (κ2) is 11.0. The minimum atomic E-state index is -0.709. The minimum absolute atomic E-state index is 0.172. The zero-order valence-electron chi connectivity index (χ0n) is 17.8. The van der Waals surface area contributed by atoms with Gasteiger partial charge in [-0.2, -0.15) is 0 Å². The molecule has 0 bridgehead atoms. The Kier molecular flexibility index (Phi) is 8.32. The Hall–Kier alpha value is -2.12. The van der Waals surface area contributed by atoms with E-state index in [4.69, 9.17) is 23.2 Å². The maximum Gasteiger partial charge on any atom is 0.253 e. The van der Waals surface area contributed by atoms with Gasteiger partial charge in [0.15, 0.2) is 0 Å². The van der Waals surface area contributed by atoms with Crippen molar-refractivity contribution in [1.82, 2.24) is 20.4 Å². The molecule has 1 unspecified atom stereocenters. The second-order valence-corrected chi connectivity index (χ2v) is 8.70. The monoisotopic (exact) mass is 462 g/mol. The number of rotatable bonds is 7. The maximum atomic E-state index is 12.4. The SMILES string of the molecule is CC(NC(=O)c1cccc(Cl)c1Cl)C(=O)NCc1ccc(CN2CCN(C)CC2)cc1. The molecule has 0 saturated carbocycles. The largest absolute Gasteiger partial charge is 0.350 e. The molecule has 1 atom stereocenters. The topological polar surface area (TPSA) is 64.7 Å². The lowest BCUT2D eigenvalue weighted by Crippen LogP contribution is -2.44. The Bertz CT molecular complexity index is 912. The smallest absolute Gasteiger partial charge is 0.253 e. The third-order valence-corrected chi connectivity index (χ3v) is 6.25. The first-order valence-corrected chi connectivity index (χ1v) is 11.1. The molecule has 2 aromatic carbocycles. The van der Waals surface area contributed by atoms with Crippen molar-refractivity contribution in [3.8, 4) is 0 Å². The Balaban J connectivity index is 1.46. The van der Waals surface area contributed by atoms with E-state index < -0.39 is 11.9 Å². The number of amides is 2. The Labute approximate surface area is 193 Å². The number of hydrogen-bond donors (Lipinski definition) is 2. The molecule has 0 spiro atoms. The fourth-order valence-corrected chi connectivity index (χ4v) is 3.77. The Morgan fingerprint density at radius 1 is 1.00 bits per heavy atom. The van der Waals surface area contributed by atoms with Crippen molar-refractivity contribution in [3.63, 3.8) is 0 Å². The quantitative estimate of drug-likeness (QED) is 0.662. The van der Waals surface area contributed by atoms with Crippen molar-refractivity contribution in [3.05, 3.63) is 69.2 Å². The summed E-state index contributed by atoms with van der Waals surface area (Å²) in [4.78, 5) is 29.6. The molecule has 0 aliphatic carbocycles. The number of halogens is 2. The predicted molar refractivity (Wildman–Crippen MR) is 124 cm³/mol. The molecule has 3 rings (SSSR count). The minimum Gasteiger partial charge on any atom is -0.350 e. The molecule has 31 heavy (non-hydrogen) atoms. The summed E-state index contributed by atoms with van der Waals surface area (Å²) in [5.41, 5.74) is 2.51. The van der Waals surface area contributed by atoms with Crippen molar-refractivity contribution >= 4 is 35.0 Å². The molecule has 2 aromatic rings. The summed E-state index contributed by atoms with van der Waals surface area (Å²) in [7, 11) is 2.15. The maximum absolute atomic E-state index is 12.4. The van der Waals surface area contributed by atoms with E-state index in [0.717, 1.165) is 38.3 Å². The van der Waals surface area contributed by atoms with Crippen LogP contribution in [0.25, 0.3) is 0 Å². The standard InChI is InChI=1S/C23H28Cl2N4O2/c1-16(27-23(31)19-4-3-5-20(24)21(19)25)22(30)26-14-17-6-8-18(9-7-17)15-29-12-10-28(2)11-13-29/h3-9,16H,10-15H2,1-2H3,(H,26,30)(H,27,31). The number of benzene rings is 2. The van der Waals surface area contributed by atoms with Crippen LogP contribution in [-0.4, -0.2) is 60.9 Å². The number of hydrogen-bond acceptors (Lipinski definition) is 4. The van der Waals surface area contributed by atoms with E-state index in [2.05, 4.69) is 39.6 Å². The Morgan fingerprint density at radius 3 is 2.32 bits per heavy atom. The van der Waals surface area contributed by atoms with Gasteiger partial charge in [0.05, 0.1) is 15.6 Å². The van der Waals surface area contributed by atoms with Gasteiger partial charge in [0.1, 0.15) is 6.04 Å². The van der Waals surface area contributed by atoms with Crippen LogP contribution in [0.2, 0.25) is 10.0 Å². The molecule has 2 amide bonds. The summed E-state index contributed by atoms with van der Waals surface area (Å²) in [5.74, 6) is -0.712. The molecule has 1 aliphatic rings. The van der Waals surface area contributed by atoms with Gasteiger partial charge in [0.2, 0.25) is 5.91 Å². The van der Waals surface area contributed by atoms with Gasteiger partial charge < -0.3 is 15.5 Å². The molecule has 8 heteroatoms. The molecule has 0 radical (unpaired) electrons. The zero-order valence-corrected chi connectivity index (χ0v) is 19.3. The predicted octanol–water partition coefficient (Wildman–Crippen LogP) is 3.18. The first-order chi connectivity index (χ1) is 14.8. The fourth-order valence-electron chi connectivity index (χ4n) is 3.39. The molecule has 1 aliphatic heterocycles. The highest BCUT2D eigenvalue weighted by Crippen LogP contribution is 2.25. The number of carbonyl (C=O) groups excluding carboxylic acids is 2. The van der Waals surface area contributed by atoms with Crippen LogP contribution in [0.4, 0.5) is 0 Å². The molecule has 0 aromatic heterocycles. The average molecular weight is 463 g/mol. The summed E-state index contributed by atoms with van der Waals surface area (Å²) < 4.78 is 0. The van der Waals surface area contributed by atoms with Crippen LogP contribution in [-0.2, 0) is 17.9 Å². The number of nitrogens with one attached hydrogen (secondary N) is 2. The van der Waals surface area contributed by atoms with Crippen molar-refractivity contribution in [1.29, 1.82) is 0 Å². The van der Waals surface area contributed by atoms with Gasteiger partial charge >= 0.3 is 0 Å². The van der Waals surface area contributed by atoms with E-state index in [1.54, 1.807) is 25.1 Å². The number of carbonyl (C=O) groups is 2. The van der Waals surface area contributed by atoms with E-state index in [1.165, 1.54) is 5.56 Å². The summed E-state index contributed by atoms with van der Waals surface area (Å²) in [5, 5.41) is 5.98. The van der Waals surface area contributed by atoms with E-state index in [9.17, 15) is 9.59 Å². The van der Waals surface area contributed by atoms with Crippen LogP contribution in [0.15, 0.2) is 42.5 Å². The van der Waals surface area contributed by atoms with Gasteiger partial charge in [0, 0.05) is 39.3 Å². The highest BCUT2D eigenvalue weighted by Gasteiger charge is 2.19.